The summed E-state index contributed by atoms with van der Waals surface area (Å²) < 4.78 is 10.3. The third kappa shape index (κ3) is 4.65. The molecule has 1 N–H and O–H groups in total. The standard InChI is InChI=1S/C22H22N2O6/c1-3-18(25)15-7-10-19-17(11-15)24(21(27)13-30-19)12-20(26)23-16-8-5-14(6-9-16)22(28)29-4-2/h5-11H,3-4,12-13H2,1-2H3,(H,23,26). The van der Waals surface area contributed by atoms with Crippen LogP contribution in [0.2, 0.25) is 0 Å². The molecule has 0 atom stereocenters. The summed E-state index contributed by atoms with van der Waals surface area (Å²) in [5.74, 6) is -0.872. The average Bonchev–Trinajstić information content (AvgIpc) is 2.75. The number of carbonyl (C=O) groups excluding carboxylic acids is 4. The van der Waals surface area contributed by atoms with Crippen LogP contribution in [0.5, 0.6) is 5.75 Å². The molecular weight excluding hydrogens is 388 g/mol. The summed E-state index contributed by atoms with van der Waals surface area (Å²) >= 11 is 0. The van der Waals surface area contributed by atoms with Gasteiger partial charge >= 0.3 is 5.97 Å². The van der Waals surface area contributed by atoms with Gasteiger partial charge in [-0.25, -0.2) is 4.79 Å². The van der Waals surface area contributed by atoms with Crippen molar-refractivity contribution in [3.8, 4) is 5.75 Å². The van der Waals surface area contributed by atoms with Crippen molar-refractivity contribution in [1.29, 1.82) is 0 Å². The smallest absolute Gasteiger partial charge is 0.338 e. The van der Waals surface area contributed by atoms with E-state index in [0.717, 1.165) is 0 Å². The third-order valence-electron chi connectivity index (χ3n) is 4.53. The SMILES string of the molecule is CCOC(=O)c1ccc(NC(=O)CN2C(=O)COc3ccc(C(=O)CC)cc32)cc1. The van der Waals surface area contributed by atoms with Crippen LogP contribution in [-0.2, 0) is 14.3 Å². The summed E-state index contributed by atoms with van der Waals surface area (Å²) in [5.41, 5.74) is 1.69. The number of carbonyl (C=O) groups is 4. The molecule has 0 saturated heterocycles. The summed E-state index contributed by atoms with van der Waals surface area (Å²) in [4.78, 5) is 49.9. The molecule has 156 valence electrons. The molecule has 3 rings (SSSR count). The van der Waals surface area contributed by atoms with Crippen LogP contribution >= 0.6 is 0 Å². The Morgan fingerprint density at radius 2 is 1.77 bits per heavy atom. The number of ketones is 1. The zero-order valence-electron chi connectivity index (χ0n) is 16.8. The summed E-state index contributed by atoms with van der Waals surface area (Å²) in [6.45, 7) is 3.33. The Labute approximate surface area is 173 Å². The second-order valence-corrected chi connectivity index (χ2v) is 6.57. The summed E-state index contributed by atoms with van der Waals surface area (Å²) in [6.07, 6.45) is 0.329. The number of hydrogen-bond donors (Lipinski definition) is 1. The predicted molar refractivity (Wildman–Crippen MR) is 110 cm³/mol. The molecule has 0 spiro atoms. The Balaban J connectivity index is 1.73. The van der Waals surface area contributed by atoms with E-state index in [1.807, 2.05) is 0 Å². The van der Waals surface area contributed by atoms with Crippen molar-refractivity contribution >= 4 is 34.9 Å². The first-order valence-electron chi connectivity index (χ1n) is 9.60. The van der Waals surface area contributed by atoms with Crippen molar-refractivity contribution in [1.82, 2.24) is 0 Å². The number of esters is 1. The summed E-state index contributed by atoms with van der Waals surface area (Å²) in [5, 5.41) is 2.69. The molecular formula is C22H22N2O6. The first-order valence-corrected chi connectivity index (χ1v) is 9.60. The highest BCUT2D eigenvalue weighted by Gasteiger charge is 2.28. The molecule has 2 aromatic rings. The number of fused-ring (bicyclic) bond motifs is 1. The van der Waals surface area contributed by atoms with Gasteiger partial charge in [-0.3, -0.25) is 19.3 Å². The number of Topliss-reactive ketones (excluding diaryl/α,β-unsaturated/α-hetero) is 1. The zero-order chi connectivity index (χ0) is 21.7. The van der Waals surface area contributed by atoms with Crippen LogP contribution < -0.4 is 15.0 Å². The molecule has 0 bridgehead atoms. The lowest BCUT2D eigenvalue weighted by Crippen LogP contribution is -2.43. The van der Waals surface area contributed by atoms with Crippen molar-refractivity contribution in [2.75, 3.05) is 30.0 Å². The molecule has 2 aromatic carbocycles. The zero-order valence-corrected chi connectivity index (χ0v) is 16.8. The normalized spacial score (nSPS) is 12.6. The molecule has 0 fully saturated rings. The minimum absolute atomic E-state index is 0.0677. The Bertz CT molecular complexity index is 984. The van der Waals surface area contributed by atoms with E-state index < -0.39 is 11.9 Å². The number of amides is 2. The minimum Gasteiger partial charge on any atom is -0.482 e. The number of anilines is 2. The molecule has 1 aliphatic heterocycles. The monoisotopic (exact) mass is 410 g/mol. The Morgan fingerprint density at radius 3 is 2.43 bits per heavy atom. The first-order chi connectivity index (χ1) is 14.4. The van der Waals surface area contributed by atoms with E-state index in [9.17, 15) is 19.2 Å². The van der Waals surface area contributed by atoms with E-state index >= 15 is 0 Å². The van der Waals surface area contributed by atoms with Crippen LogP contribution in [0.15, 0.2) is 42.5 Å². The van der Waals surface area contributed by atoms with Crippen LogP contribution in [0.3, 0.4) is 0 Å². The van der Waals surface area contributed by atoms with Gasteiger partial charge in [0.05, 0.1) is 17.9 Å². The van der Waals surface area contributed by atoms with Gasteiger partial charge < -0.3 is 14.8 Å². The molecule has 8 heteroatoms. The quantitative estimate of drug-likeness (QED) is 0.556. The fraction of sp³-hybridized carbons (Fsp3) is 0.273. The maximum atomic E-state index is 12.5. The van der Waals surface area contributed by atoms with Gasteiger partial charge in [0.15, 0.2) is 12.4 Å². The van der Waals surface area contributed by atoms with Crippen LogP contribution in [0.25, 0.3) is 0 Å². The van der Waals surface area contributed by atoms with Gasteiger partial charge in [0.1, 0.15) is 12.3 Å². The average molecular weight is 410 g/mol. The molecule has 30 heavy (non-hydrogen) atoms. The molecule has 8 nitrogen and oxygen atoms in total. The minimum atomic E-state index is -0.441. The highest BCUT2D eigenvalue weighted by atomic mass is 16.5. The van der Waals surface area contributed by atoms with Gasteiger partial charge in [0.2, 0.25) is 5.91 Å². The molecule has 2 amide bonds. The molecule has 0 unspecified atom stereocenters. The van der Waals surface area contributed by atoms with Crippen molar-refractivity contribution in [3.05, 3.63) is 53.6 Å². The van der Waals surface area contributed by atoms with Crippen molar-refractivity contribution in [2.24, 2.45) is 0 Å². The van der Waals surface area contributed by atoms with Gasteiger partial charge in [0, 0.05) is 17.7 Å². The lowest BCUT2D eigenvalue weighted by atomic mass is 10.1. The molecule has 0 saturated carbocycles. The van der Waals surface area contributed by atoms with Crippen molar-refractivity contribution in [3.63, 3.8) is 0 Å². The van der Waals surface area contributed by atoms with Crippen LogP contribution in [0.1, 0.15) is 41.0 Å². The number of hydrogen-bond acceptors (Lipinski definition) is 6. The molecule has 0 aromatic heterocycles. The second-order valence-electron chi connectivity index (χ2n) is 6.57. The lowest BCUT2D eigenvalue weighted by molar-refractivity contribution is -0.123. The van der Waals surface area contributed by atoms with E-state index in [1.165, 1.54) is 4.90 Å². The van der Waals surface area contributed by atoms with Gasteiger partial charge in [-0.2, -0.15) is 0 Å². The fourth-order valence-corrected chi connectivity index (χ4v) is 3.00. The highest BCUT2D eigenvalue weighted by Crippen LogP contribution is 2.33. The van der Waals surface area contributed by atoms with Crippen molar-refractivity contribution in [2.45, 2.75) is 20.3 Å². The van der Waals surface area contributed by atoms with E-state index in [4.69, 9.17) is 9.47 Å². The predicted octanol–water partition coefficient (Wildman–Crippen LogP) is 2.82. The molecule has 0 radical (unpaired) electrons. The van der Waals surface area contributed by atoms with E-state index in [-0.39, 0.29) is 31.4 Å². The Morgan fingerprint density at radius 1 is 1.07 bits per heavy atom. The van der Waals surface area contributed by atoms with Gasteiger partial charge in [0.25, 0.3) is 5.91 Å². The van der Waals surface area contributed by atoms with Gasteiger partial charge in [-0.15, -0.1) is 0 Å². The lowest BCUT2D eigenvalue weighted by Gasteiger charge is -2.29. The molecule has 1 heterocycles. The van der Waals surface area contributed by atoms with Gasteiger partial charge in [-0.1, -0.05) is 6.92 Å². The van der Waals surface area contributed by atoms with Gasteiger partial charge in [-0.05, 0) is 49.4 Å². The second kappa shape index (κ2) is 9.21. The summed E-state index contributed by atoms with van der Waals surface area (Å²) in [7, 11) is 0. The highest BCUT2D eigenvalue weighted by molar-refractivity contribution is 6.06. The maximum absolute atomic E-state index is 12.5. The number of nitrogens with zero attached hydrogens (tertiary/aromatic N) is 1. The van der Waals surface area contributed by atoms with Crippen LogP contribution in [0.4, 0.5) is 11.4 Å². The summed E-state index contributed by atoms with van der Waals surface area (Å²) in [6, 6.07) is 11.1. The fourth-order valence-electron chi connectivity index (χ4n) is 3.00. The van der Waals surface area contributed by atoms with E-state index in [1.54, 1.807) is 56.3 Å². The molecule has 1 aliphatic rings. The largest absolute Gasteiger partial charge is 0.482 e. The number of ether oxygens (including phenoxy) is 2. The Hall–Kier alpha value is -3.68. The van der Waals surface area contributed by atoms with E-state index in [2.05, 4.69) is 5.32 Å². The molecule has 0 aliphatic carbocycles. The van der Waals surface area contributed by atoms with Crippen molar-refractivity contribution < 1.29 is 28.7 Å². The number of rotatable bonds is 7. The Kier molecular flexibility index (Phi) is 6.46. The third-order valence-corrected chi connectivity index (χ3v) is 4.53. The van der Waals surface area contributed by atoms with Crippen LogP contribution in [-0.4, -0.2) is 43.3 Å². The maximum Gasteiger partial charge on any atom is 0.338 e. The number of nitrogens with one attached hydrogen (secondary N) is 1. The van der Waals surface area contributed by atoms with Crippen LogP contribution in [0, 0.1) is 0 Å². The first kappa shape index (κ1) is 21.0. The number of benzene rings is 2. The van der Waals surface area contributed by atoms with E-state index in [0.29, 0.717) is 34.7 Å². The topological polar surface area (TPSA) is 102 Å².